The summed E-state index contributed by atoms with van der Waals surface area (Å²) in [4.78, 5) is 0. The molecule has 3 aromatic carbocycles. The number of para-hydroxylation sites is 1. The first-order chi connectivity index (χ1) is 17.4. The molecule has 0 atom stereocenters. The van der Waals surface area contributed by atoms with Crippen molar-refractivity contribution in [2.45, 2.75) is 57.2 Å². The van der Waals surface area contributed by atoms with Gasteiger partial charge in [-0.1, -0.05) is 37.6 Å². The van der Waals surface area contributed by atoms with Gasteiger partial charge >= 0.3 is 12.3 Å². The van der Waals surface area contributed by atoms with Crippen molar-refractivity contribution in [3.05, 3.63) is 88.7 Å². The number of halogens is 8. The minimum absolute atomic E-state index is 0.0751. The number of alkyl halides is 5. The number of hydrogen-bond acceptors (Lipinski definition) is 1. The van der Waals surface area contributed by atoms with E-state index >= 15 is 8.78 Å². The van der Waals surface area contributed by atoms with Crippen molar-refractivity contribution in [3.63, 3.8) is 0 Å². The number of benzene rings is 3. The third-order valence-corrected chi connectivity index (χ3v) is 6.96. The zero-order chi connectivity index (χ0) is 27.0. The molecule has 0 spiro atoms. The van der Waals surface area contributed by atoms with Crippen LogP contribution in [0.3, 0.4) is 0 Å². The molecule has 0 unspecified atom stereocenters. The van der Waals surface area contributed by atoms with Gasteiger partial charge in [0.25, 0.3) is 0 Å². The Morgan fingerprint density at radius 1 is 0.784 bits per heavy atom. The van der Waals surface area contributed by atoms with Crippen LogP contribution in [0, 0.1) is 23.4 Å². The predicted octanol–water partition coefficient (Wildman–Crippen LogP) is 9.60. The van der Waals surface area contributed by atoms with Gasteiger partial charge in [0.15, 0.2) is 0 Å². The monoisotopic (exact) mass is 528 g/mol. The van der Waals surface area contributed by atoms with E-state index < -0.39 is 52.2 Å². The molecule has 0 saturated heterocycles. The zero-order valence-electron chi connectivity index (χ0n) is 19.8. The Bertz CT molecular complexity index is 1240. The van der Waals surface area contributed by atoms with Crippen molar-refractivity contribution >= 4 is 0 Å². The van der Waals surface area contributed by atoms with Crippen LogP contribution >= 0.6 is 0 Å². The van der Waals surface area contributed by atoms with Gasteiger partial charge in [0, 0.05) is 5.56 Å². The second-order valence-corrected chi connectivity index (χ2v) is 9.29. The minimum atomic E-state index is -5.28. The molecular formula is C28H24F8O. The van der Waals surface area contributed by atoms with E-state index in [0.29, 0.717) is 23.6 Å². The van der Waals surface area contributed by atoms with Gasteiger partial charge in [0.1, 0.15) is 28.8 Å². The molecule has 0 heterocycles. The van der Waals surface area contributed by atoms with Crippen molar-refractivity contribution in [1.82, 2.24) is 0 Å². The predicted molar refractivity (Wildman–Crippen MR) is 123 cm³/mol. The van der Waals surface area contributed by atoms with Gasteiger partial charge in [-0.3, -0.25) is 0 Å². The quantitative estimate of drug-likeness (QED) is 0.290. The topological polar surface area (TPSA) is 9.23 Å². The van der Waals surface area contributed by atoms with Crippen molar-refractivity contribution in [2.24, 2.45) is 5.92 Å². The second-order valence-electron chi connectivity index (χ2n) is 9.29. The first-order valence-corrected chi connectivity index (χ1v) is 11.9. The molecule has 198 valence electrons. The number of hydrogen-bond donors (Lipinski definition) is 0. The fourth-order valence-electron chi connectivity index (χ4n) is 4.91. The van der Waals surface area contributed by atoms with Crippen LogP contribution < -0.4 is 4.74 Å². The molecule has 9 heteroatoms. The van der Waals surface area contributed by atoms with E-state index in [1.807, 2.05) is 0 Å². The first kappa shape index (κ1) is 26.9. The van der Waals surface area contributed by atoms with E-state index in [-0.39, 0.29) is 11.5 Å². The lowest BCUT2D eigenvalue weighted by Gasteiger charge is -2.28. The summed E-state index contributed by atoms with van der Waals surface area (Å²) in [7, 11) is 0. The van der Waals surface area contributed by atoms with Gasteiger partial charge in [-0.25, -0.2) is 13.2 Å². The average Bonchev–Trinajstić information content (AvgIpc) is 2.82. The van der Waals surface area contributed by atoms with Gasteiger partial charge in [-0.05, 0) is 79.0 Å². The maximum Gasteiger partial charge on any atom is 0.429 e. The molecule has 1 aliphatic carbocycles. The Labute approximate surface area is 209 Å². The normalized spacial score (nSPS) is 18.6. The van der Waals surface area contributed by atoms with Gasteiger partial charge in [0.05, 0.1) is 5.56 Å². The van der Waals surface area contributed by atoms with Crippen LogP contribution in [0.5, 0.6) is 5.75 Å². The molecule has 0 radical (unpaired) electrons. The molecule has 4 rings (SSSR count). The lowest BCUT2D eigenvalue weighted by Crippen LogP contribution is -2.24. The highest BCUT2D eigenvalue weighted by molar-refractivity contribution is 5.71. The van der Waals surface area contributed by atoms with E-state index in [4.69, 9.17) is 4.74 Å². The van der Waals surface area contributed by atoms with Crippen LogP contribution in [0.1, 0.15) is 61.6 Å². The maximum atomic E-state index is 15.1. The van der Waals surface area contributed by atoms with Crippen LogP contribution in [0.15, 0.2) is 54.6 Å². The molecule has 1 aliphatic rings. The Hall–Kier alpha value is -3.10. The van der Waals surface area contributed by atoms with E-state index in [2.05, 4.69) is 6.92 Å². The van der Waals surface area contributed by atoms with Crippen molar-refractivity contribution in [2.75, 3.05) is 0 Å². The molecule has 1 nitrogen and oxygen atoms in total. The van der Waals surface area contributed by atoms with Crippen LogP contribution in [-0.4, -0.2) is 0 Å². The van der Waals surface area contributed by atoms with Crippen LogP contribution in [0.4, 0.5) is 35.1 Å². The van der Waals surface area contributed by atoms with Crippen molar-refractivity contribution in [3.8, 4) is 16.9 Å². The largest absolute Gasteiger partial charge is 0.429 e. The number of ether oxygens (including phenoxy) is 1. The first-order valence-electron chi connectivity index (χ1n) is 11.9. The summed E-state index contributed by atoms with van der Waals surface area (Å²) >= 11 is 0. The third kappa shape index (κ3) is 5.75. The molecule has 0 amide bonds. The Balaban J connectivity index is 1.61. The summed E-state index contributed by atoms with van der Waals surface area (Å²) in [5.41, 5.74) is -3.24. The van der Waals surface area contributed by atoms with E-state index in [1.54, 1.807) is 0 Å². The summed E-state index contributed by atoms with van der Waals surface area (Å²) in [6.07, 6.45) is -4.72. The number of rotatable bonds is 6. The average molecular weight is 528 g/mol. The molecule has 0 N–H and O–H groups in total. The van der Waals surface area contributed by atoms with Crippen LogP contribution in [0.25, 0.3) is 11.1 Å². The summed E-state index contributed by atoms with van der Waals surface area (Å²) in [5, 5.41) is 0. The van der Waals surface area contributed by atoms with Crippen molar-refractivity contribution < 1.29 is 39.9 Å². The SMILES string of the molecule is CCC1CCC(c2ccc(C(F)(F)Oc3ccccc3-c3cc(F)c(C(F)(F)F)c(F)c3)c(F)c2)CC1. The summed E-state index contributed by atoms with van der Waals surface area (Å²) < 4.78 is 117. The molecule has 0 bridgehead atoms. The van der Waals surface area contributed by atoms with Gasteiger partial charge in [-0.15, -0.1) is 0 Å². The van der Waals surface area contributed by atoms with Gasteiger partial charge in [0.2, 0.25) is 0 Å². The second kappa shape index (κ2) is 10.3. The highest BCUT2D eigenvalue weighted by Gasteiger charge is 2.40. The molecule has 1 fully saturated rings. The smallest absolute Gasteiger partial charge is 0.428 e. The van der Waals surface area contributed by atoms with Gasteiger partial charge < -0.3 is 4.74 Å². The summed E-state index contributed by atoms with van der Waals surface area (Å²) in [6.45, 7) is 2.12. The van der Waals surface area contributed by atoms with Crippen LogP contribution in [-0.2, 0) is 12.3 Å². The Morgan fingerprint density at radius 3 is 1.97 bits per heavy atom. The Kier molecular flexibility index (Phi) is 7.53. The molecule has 37 heavy (non-hydrogen) atoms. The lowest BCUT2D eigenvalue weighted by molar-refractivity contribution is -0.187. The molecule has 1 saturated carbocycles. The third-order valence-electron chi connectivity index (χ3n) is 6.96. The summed E-state index contributed by atoms with van der Waals surface area (Å²) in [5.74, 6) is -4.87. The molecule has 3 aromatic rings. The molecular weight excluding hydrogens is 504 g/mol. The summed E-state index contributed by atoms with van der Waals surface area (Å²) in [6, 6.07) is 9.07. The van der Waals surface area contributed by atoms with Crippen LogP contribution in [0.2, 0.25) is 0 Å². The van der Waals surface area contributed by atoms with Crippen molar-refractivity contribution in [1.29, 1.82) is 0 Å². The Morgan fingerprint density at radius 2 is 1.41 bits per heavy atom. The molecule has 0 aromatic heterocycles. The fourth-order valence-corrected chi connectivity index (χ4v) is 4.91. The zero-order valence-corrected chi connectivity index (χ0v) is 19.8. The fraction of sp³-hybridized carbons (Fsp3) is 0.357. The van der Waals surface area contributed by atoms with Gasteiger partial charge in [-0.2, -0.15) is 22.0 Å². The molecule has 0 aliphatic heterocycles. The highest BCUT2D eigenvalue weighted by atomic mass is 19.4. The highest BCUT2D eigenvalue weighted by Crippen LogP contribution is 2.42. The standard InChI is InChI=1S/C28H24F8O/c1-2-16-7-9-17(10-8-16)18-11-12-21(22(29)13-18)28(35,36)37-25-6-4-3-5-20(25)19-14-23(30)26(24(31)15-19)27(32,33)34/h3-6,11-17H,2,7-10H2,1H3. The minimum Gasteiger partial charge on any atom is -0.428 e. The lowest BCUT2D eigenvalue weighted by atomic mass is 9.78. The maximum absolute atomic E-state index is 15.1. The van der Waals surface area contributed by atoms with E-state index in [9.17, 15) is 26.3 Å². The van der Waals surface area contributed by atoms with E-state index in [1.165, 1.54) is 18.2 Å². The van der Waals surface area contributed by atoms with E-state index in [0.717, 1.165) is 56.4 Å².